The van der Waals surface area contributed by atoms with Gasteiger partial charge in [-0.15, -0.1) is 0 Å². The summed E-state index contributed by atoms with van der Waals surface area (Å²) in [7, 11) is -3.60. The Morgan fingerprint density at radius 2 is 1.89 bits per heavy atom. The lowest BCUT2D eigenvalue weighted by Crippen LogP contribution is -2.25. The zero-order valence-corrected chi connectivity index (χ0v) is 12.6. The number of hydrogen-bond acceptors (Lipinski definition) is 4. The van der Waals surface area contributed by atoms with Gasteiger partial charge in [-0.1, -0.05) is 36.0 Å². The first kappa shape index (κ1) is 16.7. The van der Waals surface area contributed by atoms with E-state index in [-0.39, 0.29) is 21.7 Å². The predicted molar refractivity (Wildman–Crippen MR) is 75.0 cm³/mol. The zero-order chi connectivity index (χ0) is 14.3. The molecule has 2 N–H and O–H groups in total. The van der Waals surface area contributed by atoms with E-state index in [0.29, 0.717) is 13.0 Å². The summed E-state index contributed by atoms with van der Waals surface area (Å²) in [6.07, 6.45) is 4.37. The first-order valence-electron chi connectivity index (χ1n) is 5.89. The van der Waals surface area contributed by atoms with Gasteiger partial charge in [0.25, 0.3) is 0 Å². The van der Waals surface area contributed by atoms with Crippen molar-refractivity contribution in [3.05, 3.63) is 22.4 Å². The third kappa shape index (κ3) is 5.62. The van der Waals surface area contributed by atoms with Crippen LogP contribution in [-0.4, -0.2) is 31.7 Å². The van der Waals surface area contributed by atoms with Gasteiger partial charge >= 0.3 is 0 Å². The molecule has 0 aliphatic rings. The van der Waals surface area contributed by atoms with E-state index in [4.69, 9.17) is 28.3 Å². The largest absolute Gasteiger partial charge is 0.396 e. The standard InChI is InChI=1S/C11H16Cl2N2O3S/c12-10-7-9(8-14-11(10)13)19(17,18)15-5-3-1-2-4-6-16/h7-8,15-16H,1-6H2. The third-order valence-electron chi connectivity index (χ3n) is 2.46. The van der Waals surface area contributed by atoms with E-state index in [1.165, 1.54) is 12.3 Å². The van der Waals surface area contributed by atoms with Gasteiger partial charge in [-0.2, -0.15) is 0 Å². The first-order valence-corrected chi connectivity index (χ1v) is 8.13. The van der Waals surface area contributed by atoms with Gasteiger partial charge in [0, 0.05) is 19.3 Å². The summed E-state index contributed by atoms with van der Waals surface area (Å²) in [6.45, 7) is 0.509. The smallest absolute Gasteiger partial charge is 0.242 e. The van der Waals surface area contributed by atoms with E-state index in [1.54, 1.807) is 0 Å². The molecule has 0 unspecified atom stereocenters. The Morgan fingerprint density at radius 3 is 2.53 bits per heavy atom. The second-order valence-electron chi connectivity index (χ2n) is 3.98. The molecule has 1 heterocycles. The number of aliphatic hydroxyl groups is 1. The van der Waals surface area contributed by atoms with Crippen LogP contribution in [0, 0.1) is 0 Å². The Kier molecular flexibility index (Phi) is 7.02. The predicted octanol–water partition coefficient (Wildman–Crippen LogP) is 2.22. The van der Waals surface area contributed by atoms with Crippen molar-refractivity contribution in [1.82, 2.24) is 9.71 Å². The highest BCUT2D eigenvalue weighted by molar-refractivity contribution is 7.89. The van der Waals surface area contributed by atoms with Gasteiger partial charge < -0.3 is 5.11 Å². The molecule has 8 heteroatoms. The second-order valence-corrected chi connectivity index (χ2v) is 6.51. The average Bonchev–Trinajstić information content (AvgIpc) is 2.36. The van der Waals surface area contributed by atoms with Crippen LogP contribution in [0.3, 0.4) is 0 Å². The van der Waals surface area contributed by atoms with Gasteiger partial charge in [0.1, 0.15) is 10.0 Å². The fraction of sp³-hybridized carbons (Fsp3) is 0.545. The van der Waals surface area contributed by atoms with Crippen LogP contribution in [0.25, 0.3) is 0 Å². The maximum atomic E-state index is 11.9. The number of halogens is 2. The lowest BCUT2D eigenvalue weighted by atomic mass is 10.2. The molecule has 0 radical (unpaired) electrons. The molecule has 0 aliphatic heterocycles. The van der Waals surface area contributed by atoms with Crippen molar-refractivity contribution in [2.45, 2.75) is 30.6 Å². The minimum absolute atomic E-state index is 0.00254. The maximum absolute atomic E-state index is 11.9. The van der Waals surface area contributed by atoms with Crippen LogP contribution in [0.1, 0.15) is 25.7 Å². The Labute approximate surface area is 123 Å². The minimum Gasteiger partial charge on any atom is -0.396 e. The molecule has 0 saturated heterocycles. The fourth-order valence-corrected chi connectivity index (χ4v) is 2.81. The number of hydrogen-bond donors (Lipinski definition) is 2. The summed E-state index contributed by atoms with van der Waals surface area (Å²) >= 11 is 11.4. The molecular weight excluding hydrogens is 311 g/mol. The Hall–Kier alpha value is -0.400. The molecule has 0 aromatic carbocycles. The summed E-state index contributed by atoms with van der Waals surface area (Å²) in [4.78, 5) is 3.70. The fourth-order valence-electron chi connectivity index (χ4n) is 1.43. The van der Waals surface area contributed by atoms with Crippen molar-refractivity contribution >= 4 is 33.2 Å². The Morgan fingerprint density at radius 1 is 1.21 bits per heavy atom. The summed E-state index contributed by atoms with van der Waals surface area (Å²) in [5, 5.41) is 8.79. The molecule has 0 amide bonds. The molecule has 1 aromatic heterocycles. The van der Waals surface area contributed by atoms with Gasteiger partial charge in [-0.3, -0.25) is 0 Å². The molecule has 1 aromatic rings. The van der Waals surface area contributed by atoms with Gasteiger partial charge in [-0.25, -0.2) is 18.1 Å². The molecular formula is C11H16Cl2N2O3S. The second kappa shape index (κ2) is 8.01. The van der Waals surface area contributed by atoms with Crippen LogP contribution in [0.5, 0.6) is 0 Å². The Bertz CT molecular complexity index is 509. The van der Waals surface area contributed by atoms with Gasteiger partial charge in [0.15, 0.2) is 0 Å². The average molecular weight is 327 g/mol. The molecule has 108 valence electrons. The topological polar surface area (TPSA) is 79.3 Å². The van der Waals surface area contributed by atoms with Gasteiger partial charge in [-0.05, 0) is 18.9 Å². The number of aromatic nitrogens is 1. The van der Waals surface area contributed by atoms with Crippen LogP contribution >= 0.6 is 23.2 Å². The molecule has 5 nitrogen and oxygen atoms in total. The number of aliphatic hydroxyl groups excluding tert-OH is 1. The summed E-state index contributed by atoms with van der Waals surface area (Å²) < 4.78 is 26.3. The zero-order valence-electron chi connectivity index (χ0n) is 10.3. The summed E-state index contributed by atoms with van der Waals surface area (Å²) in [5.41, 5.74) is 0. The molecule has 0 saturated carbocycles. The summed E-state index contributed by atoms with van der Waals surface area (Å²) in [5.74, 6) is 0. The van der Waals surface area contributed by atoms with Crippen LogP contribution in [-0.2, 0) is 10.0 Å². The van der Waals surface area contributed by atoms with Crippen molar-refractivity contribution in [2.24, 2.45) is 0 Å². The molecule has 0 aliphatic carbocycles. The van der Waals surface area contributed by atoms with Gasteiger partial charge in [0.05, 0.1) is 5.02 Å². The van der Waals surface area contributed by atoms with E-state index in [9.17, 15) is 8.42 Å². The number of rotatable bonds is 8. The Balaban J connectivity index is 2.49. The van der Waals surface area contributed by atoms with E-state index in [2.05, 4.69) is 9.71 Å². The van der Waals surface area contributed by atoms with Crippen LogP contribution in [0.2, 0.25) is 10.2 Å². The highest BCUT2D eigenvalue weighted by Crippen LogP contribution is 2.21. The first-order chi connectivity index (χ1) is 8.97. The number of sulfonamides is 1. The van der Waals surface area contributed by atoms with Crippen LogP contribution in [0.4, 0.5) is 0 Å². The molecule has 0 fully saturated rings. The molecule has 19 heavy (non-hydrogen) atoms. The molecule has 1 rings (SSSR count). The minimum atomic E-state index is -3.60. The van der Waals surface area contributed by atoms with E-state index < -0.39 is 10.0 Å². The third-order valence-corrected chi connectivity index (χ3v) is 4.57. The van der Waals surface area contributed by atoms with Crippen LogP contribution < -0.4 is 4.72 Å². The lowest BCUT2D eigenvalue weighted by Gasteiger charge is -2.07. The number of nitrogens with one attached hydrogen (secondary N) is 1. The lowest BCUT2D eigenvalue weighted by molar-refractivity contribution is 0.282. The summed E-state index contributed by atoms with van der Waals surface area (Å²) in [6, 6.07) is 1.27. The number of pyridine rings is 1. The van der Waals surface area contributed by atoms with Crippen molar-refractivity contribution in [2.75, 3.05) is 13.2 Å². The maximum Gasteiger partial charge on any atom is 0.242 e. The monoisotopic (exact) mass is 326 g/mol. The quantitative estimate of drug-likeness (QED) is 0.567. The van der Waals surface area contributed by atoms with Crippen LogP contribution in [0.15, 0.2) is 17.2 Å². The molecule has 0 atom stereocenters. The molecule has 0 bridgehead atoms. The number of unbranched alkanes of at least 4 members (excludes halogenated alkanes) is 3. The van der Waals surface area contributed by atoms with Crippen molar-refractivity contribution in [3.8, 4) is 0 Å². The van der Waals surface area contributed by atoms with Gasteiger partial charge in [0.2, 0.25) is 10.0 Å². The number of nitrogens with zero attached hydrogens (tertiary/aromatic N) is 1. The van der Waals surface area contributed by atoms with Crippen molar-refractivity contribution in [3.63, 3.8) is 0 Å². The normalized spacial score (nSPS) is 11.7. The van der Waals surface area contributed by atoms with Crippen molar-refractivity contribution in [1.29, 1.82) is 0 Å². The van der Waals surface area contributed by atoms with Crippen molar-refractivity contribution < 1.29 is 13.5 Å². The highest BCUT2D eigenvalue weighted by atomic mass is 35.5. The highest BCUT2D eigenvalue weighted by Gasteiger charge is 2.15. The van der Waals surface area contributed by atoms with E-state index >= 15 is 0 Å². The SMILES string of the molecule is O=S(=O)(NCCCCCCO)c1cnc(Cl)c(Cl)c1. The van der Waals surface area contributed by atoms with E-state index in [0.717, 1.165) is 19.3 Å². The molecule has 0 spiro atoms. The van der Waals surface area contributed by atoms with E-state index in [1.807, 2.05) is 0 Å².